The van der Waals surface area contributed by atoms with Gasteiger partial charge in [-0.1, -0.05) is 11.6 Å². The van der Waals surface area contributed by atoms with E-state index in [1.807, 2.05) is 26.8 Å². The van der Waals surface area contributed by atoms with Crippen LogP contribution >= 0.6 is 11.6 Å². The smallest absolute Gasteiger partial charge is 0.277 e. The Hall–Kier alpha value is -1.42. The molecule has 8 nitrogen and oxygen atoms in total. The number of hydrogen-bond donors (Lipinski definition) is 1. The van der Waals surface area contributed by atoms with Crippen LogP contribution in [0.4, 0.5) is 5.82 Å². The Kier molecular flexibility index (Phi) is 4.93. The zero-order chi connectivity index (χ0) is 18.4. The zero-order valence-corrected chi connectivity index (χ0v) is 16.1. The number of anilines is 1. The van der Waals surface area contributed by atoms with E-state index in [1.54, 1.807) is 4.52 Å². The summed E-state index contributed by atoms with van der Waals surface area (Å²) >= 11 is 6.21. The van der Waals surface area contributed by atoms with E-state index >= 15 is 0 Å². The molecule has 2 aromatic rings. The summed E-state index contributed by atoms with van der Waals surface area (Å²) in [5, 5.41) is 10.1. The SMILES string of the molecule is Cc1cc(Cl)n2ncnc(N3CCC(N(C(C)C)S(N)(=O)=O)CC3)c12. The summed E-state index contributed by atoms with van der Waals surface area (Å²) < 4.78 is 26.9. The minimum Gasteiger partial charge on any atom is -0.355 e. The van der Waals surface area contributed by atoms with Crippen molar-refractivity contribution in [2.75, 3.05) is 18.0 Å². The number of nitrogens with zero attached hydrogens (tertiary/aromatic N) is 5. The number of nitrogens with two attached hydrogens (primary N) is 1. The first-order valence-corrected chi connectivity index (χ1v) is 10.1. The van der Waals surface area contributed by atoms with Gasteiger partial charge in [-0.15, -0.1) is 0 Å². The van der Waals surface area contributed by atoms with Crippen LogP contribution in [0.2, 0.25) is 5.15 Å². The number of halogens is 1. The molecule has 25 heavy (non-hydrogen) atoms. The van der Waals surface area contributed by atoms with E-state index in [9.17, 15) is 8.42 Å². The standard InChI is InChI=1S/C15H23ClN6O2S/c1-10(2)22(25(17,23)24)12-4-6-20(7-5-12)15-14-11(3)8-13(16)21(14)19-9-18-15/h8-10,12H,4-7H2,1-3H3,(H2,17,23,24). The molecular formula is C15H23ClN6O2S. The summed E-state index contributed by atoms with van der Waals surface area (Å²) in [6.45, 7) is 7.05. The van der Waals surface area contributed by atoms with Crippen LogP contribution in [0.5, 0.6) is 0 Å². The van der Waals surface area contributed by atoms with E-state index in [0.29, 0.717) is 31.1 Å². The minimum atomic E-state index is -3.72. The third-order valence-electron chi connectivity index (χ3n) is 4.61. The van der Waals surface area contributed by atoms with Gasteiger partial charge < -0.3 is 4.90 Å². The van der Waals surface area contributed by atoms with E-state index in [-0.39, 0.29) is 12.1 Å². The second-order valence-electron chi connectivity index (χ2n) is 6.68. The Morgan fingerprint density at radius 2 is 2.00 bits per heavy atom. The van der Waals surface area contributed by atoms with Gasteiger partial charge in [0.2, 0.25) is 0 Å². The number of aryl methyl sites for hydroxylation is 1. The van der Waals surface area contributed by atoms with Crippen molar-refractivity contribution in [3.63, 3.8) is 0 Å². The molecule has 0 aliphatic carbocycles. The summed E-state index contributed by atoms with van der Waals surface area (Å²) in [4.78, 5) is 6.59. The predicted octanol–water partition coefficient (Wildman–Crippen LogP) is 1.57. The van der Waals surface area contributed by atoms with E-state index in [2.05, 4.69) is 15.0 Å². The second-order valence-corrected chi connectivity index (χ2v) is 8.52. The van der Waals surface area contributed by atoms with Crippen molar-refractivity contribution in [1.29, 1.82) is 0 Å². The largest absolute Gasteiger partial charge is 0.355 e. The maximum absolute atomic E-state index is 11.9. The maximum atomic E-state index is 11.9. The molecule has 0 aromatic carbocycles. The van der Waals surface area contributed by atoms with Gasteiger partial charge in [-0.25, -0.2) is 14.6 Å². The average Bonchev–Trinajstić information content (AvgIpc) is 2.81. The first-order valence-electron chi connectivity index (χ1n) is 8.25. The highest BCUT2D eigenvalue weighted by Crippen LogP contribution is 2.30. The van der Waals surface area contributed by atoms with E-state index in [4.69, 9.17) is 16.7 Å². The quantitative estimate of drug-likeness (QED) is 0.860. The van der Waals surface area contributed by atoms with E-state index in [0.717, 1.165) is 16.9 Å². The Balaban J connectivity index is 1.84. The minimum absolute atomic E-state index is 0.0967. The highest BCUT2D eigenvalue weighted by molar-refractivity contribution is 7.86. The molecule has 0 amide bonds. The van der Waals surface area contributed by atoms with Crippen LogP contribution in [-0.2, 0) is 10.2 Å². The fourth-order valence-corrected chi connectivity index (χ4v) is 5.15. The molecule has 3 heterocycles. The van der Waals surface area contributed by atoms with E-state index < -0.39 is 10.2 Å². The number of rotatable bonds is 4. The molecule has 0 spiro atoms. The molecule has 1 saturated heterocycles. The monoisotopic (exact) mass is 386 g/mol. The van der Waals surface area contributed by atoms with Crippen LogP contribution in [0.25, 0.3) is 5.52 Å². The lowest BCUT2D eigenvalue weighted by Crippen LogP contribution is -2.52. The molecule has 0 saturated carbocycles. The number of hydrogen-bond acceptors (Lipinski definition) is 5. The first kappa shape index (κ1) is 18.4. The third kappa shape index (κ3) is 3.46. The predicted molar refractivity (Wildman–Crippen MR) is 98.1 cm³/mol. The fraction of sp³-hybridized carbons (Fsp3) is 0.600. The van der Waals surface area contributed by atoms with Crippen LogP contribution in [0.1, 0.15) is 32.3 Å². The normalized spacial score (nSPS) is 17.2. The molecule has 0 radical (unpaired) electrons. The van der Waals surface area contributed by atoms with Gasteiger partial charge in [0, 0.05) is 25.2 Å². The Labute approximate surface area is 152 Å². The summed E-state index contributed by atoms with van der Waals surface area (Å²) in [6.07, 6.45) is 2.88. The molecule has 1 aliphatic rings. The molecule has 10 heteroatoms. The summed E-state index contributed by atoms with van der Waals surface area (Å²) in [7, 11) is -3.72. The molecule has 1 fully saturated rings. The van der Waals surface area contributed by atoms with Crippen LogP contribution in [0.15, 0.2) is 12.4 Å². The average molecular weight is 387 g/mol. The van der Waals surface area contributed by atoms with Crippen molar-refractivity contribution in [1.82, 2.24) is 18.9 Å². The van der Waals surface area contributed by atoms with Crippen molar-refractivity contribution in [2.45, 2.75) is 45.7 Å². The Morgan fingerprint density at radius 1 is 1.36 bits per heavy atom. The van der Waals surface area contributed by atoms with Crippen molar-refractivity contribution in [2.24, 2.45) is 5.14 Å². The van der Waals surface area contributed by atoms with Gasteiger partial charge in [0.05, 0.1) is 0 Å². The van der Waals surface area contributed by atoms with Gasteiger partial charge >= 0.3 is 0 Å². The first-order chi connectivity index (χ1) is 11.7. The molecule has 1 aliphatic heterocycles. The highest BCUT2D eigenvalue weighted by atomic mass is 35.5. The lowest BCUT2D eigenvalue weighted by atomic mass is 10.0. The van der Waals surface area contributed by atoms with Gasteiger partial charge in [0.15, 0.2) is 5.82 Å². The van der Waals surface area contributed by atoms with Gasteiger partial charge in [-0.05, 0) is 45.2 Å². The molecule has 2 N–H and O–H groups in total. The van der Waals surface area contributed by atoms with Gasteiger partial charge in [0.1, 0.15) is 17.0 Å². The Bertz CT molecular complexity index is 874. The molecule has 0 atom stereocenters. The summed E-state index contributed by atoms with van der Waals surface area (Å²) in [5.41, 5.74) is 1.90. The van der Waals surface area contributed by atoms with Crippen molar-refractivity contribution in [3.8, 4) is 0 Å². The molecule has 0 unspecified atom stereocenters. The van der Waals surface area contributed by atoms with Crippen LogP contribution in [0, 0.1) is 6.92 Å². The van der Waals surface area contributed by atoms with Crippen molar-refractivity contribution >= 4 is 33.1 Å². The van der Waals surface area contributed by atoms with E-state index in [1.165, 1.54) is 10.6 Å². The number of aromatic nitrogens is 3. The van der Waals surface area contributed by atoms with Crippen molar-refractivity contribution < 1.29 is 8.42 Å². The number of piperidine rings is 1. The Morgan fingerprint density at radius 3 is 2.56 bits per heavy atom. The van der Waals surface area contributed by atoms with Crippen molar-refractivity contribution in [3.05, 3.63) is 23.1 Å². The number of fused-ring (bicyclic) bond motifs is 1. The van der Waals surface area contributed by atoms with Crippen LogP contribution in [0.3, 0.4) is 0 Å². The lowest BCUT2D eigenvalue weighted by Gasteiger charge is -2.39. The molecule has 0 bridgehead atoms. The molecule has 2 aromatic heterocycles. The van der Waals surface area contributed by atoms with Crippen LogP contribution in [-0.4, -0.2) is 52.5 Å². The summed E-state index contributed by atoms with van der Waals surface area (Å²) in [6, 6.07) is 1.60. The zero-order valence-electron chi connectivity index (χ0n) is 14.6. The lowest BCUT2D eigenvalue weighted by molar-refractivity contribution is 0.237. The van der Waals surface area contributed by atoms with Gasteiger partial charge in [-0.2, -0.15) is 17.8 Å². The topological polar surface area (TPSA) is 96.8 Å². The third-order valence-corrected chi connectivity index (χ3v) is 6.19. The highest BCUT2D eigenvalue weighted by Gasteiger charge is 2.33. The maximum Gasteiger partial charge on any atom is 0.277 e. The fourth-order valence-electron chi connectivity index (χ4n) is 3.65. The second kappa shape index (κ2) is 6.71. The van der Waals surface area contributed by atoms with Gasteiger partial charge in [0.25, 0.3) is 10.2 Å². The summed E-state index contributed by atoms with van der Waals surface area (Å²) in [5.74, 6) is 0.824. The molecule has 138 valence electrons. The van der Waals surface area contributed by atoms with Gasteiger partial charge in [-0.3, -0.25) is 0 Å². The molecule has 3 rings (SSSR count). The molecular weight excluding hydrogens is 364 g/mol. The van der Waals surface area contributed by atoms with Crippen LogP contribution < -0.4 is 10.0 Å².